The minimum absolute atomic E-state index is 0.132. The summed E-state index contributed by atoms with van der Waals surface area (Å²) in [6.07, 6.45) is 0. The van der Waals surface area contributed by atoms with Gasteiger partial charge in [-0.2, -0.15) is 0 Å². The number of hydrogen-bond acceptors (Lipinski definition) is 5. The van der Waals surface area contributed by atoms with Crippen LogP contribution in [0, 0.1) is 13.8 Å². The fourth-order valence-electron chi connectivity index (χ4n) is 2.49. The number of nitrogens with one attached hydrogen (secondary N) is 1. The van der Waals surface area contributed by atoms with Crippen LogP contribution >= 0.6 is 0 Å². The maximum absolute atomic E-state index is 12.6. The Balaban J connectivity index is 2.13. The van der Waals surface area contributed by atoms with Gasteiger partial charge in [-0.25, -0.2) is 4.98 Å². The first kappa shape index (κ1) is 16.1. The molecule has 2 N–H and O–H groups in total. The minimum atomic E-state index is -0.344. The number of nitrogens with zero attached hydrogens (tertiary/aromatic N) is 2. The number of aryl methyl sites for hydroxylation is 2. The number of benzene rings is 1. The molecule has 0 radical (unpaired) electrons. The van der Waals surface area contributed by atoms with E-state index in [9.17, 15) is 4.79 Å². The second-order valence-corrected chi connectivity index (χ2v) is 5.93. The standard InChI is InChI=1S/C18H19N3O3/c1-10-4-6-13(7-5-10)15-8-14(17(23)19-11(2)9-22)16-12(3)21-24-18(16)20-15/h4-8,11,22H,9H2,1-3H3,(H,19,23). The average molecular weight is 325 g/mol. The summed E-state index contributed by atoms with van der Waals surface area (Å²) in [4.78, 5) is 17.1. The van der Waals surface area contributed by atoms with Crippen LogP contribution in [-0.2, 0) is 0 Å². The molecule has 3 rings (SSSR count). The Morgan fingerprint density at radius 3 is 2.67 bits per heavy atom. The normalized spacial score (nSPS) is 12.3. The topological polar surface area (TPSA) is 88.2 Å². The Labute approximate surface area is 139 Å². The number of hydrogen-bond donors (Lipinski definition) is 2. The van der Waals surface area contributed by atoms with Gasteiger partial charge >= 0.3 is 0 Å². The van der Waals surface area contributed by atoms with Crippen molar-refractivity contribution in [3.05, 3.63) is 47.2 Å². The minimum Gasteiger partial charge on any atom is -0.394 e. The monoisotopic (exact) mass is 325 g/mol. The Morgan fingerprint density at radius 2 is 2.00 bits per heavy atom. The van der Waals surface area contributed by atoms with Gasteiger partial charge in [-0.15, -0.1) is 0 Å². The number of carbonyl (C=O) groups excluding carboxylic acids is 1. The Bertz CT molecular complexity index is 884. The molecule has 3 aromatic rings. The van der Waals surface area contributed by atoms with Crippen LogP contribution in [0.15, 0.2) is 34.9 Å². The van der Waals surface area contributed by atoms with Gasteiger partial charge in [0.05, 0.1) is 28.9 Å². The maximum atomic E-state index is 12.6. The zero-order valence-corrected chi connectivity index (χ0v) is 13.8. The number of pyridine rings is 1. The third-order valence-corrected chi connectivity index (χ3v) is 3.86. The van der Waals surface area contributed by atoms with Crippen LogP contribution in [0.3, 0.4) is 0 Å². The van der Waals surface area contributed by atoms with Crippen LogP contribution in [0.2, 0.25) is 0 Å². The van der Waals surface area contributed by atoms with Crippen LogP contribution in [0.1, 0.15) is 28.5 Å². The van der Waals surface area contributed by atoms with Gasteiger partial charge in [0.15, 0.2) is 0 Å². The summed E-state index contributed by atoms with van der Waals surface area (Å²) in [7, 11) is 0. The second kappa shape index (κ2) is 6.41. The highest BCUT2D eigenvalue weighted by molar-refractivity contribution is 6.07. The van der Waals surface area contributed by atoms with Crippen molar-refractivity contribution in [3.63, 3.8) is 0 Å². The molecule has 1 amide bonds. The molecule has 1 atom stereocenters. The lowest BCUT2D eigenvalue weighted by Gasteiger charge is -2.12. The smallest absolute Gasteiger partial charge is 0.259 e. The fraction of sp³-hybridized carbons (Fsp3) is 0.278. The summed E-state index contributed by atoms with van der Waals surface area (Å²) >= 11 is 0. The van der Waals surface area contributed by atoms with Crippen molar-refractivity contribution in [2.45, 2.75) is 26.8 Å². The maximum Gasteiger partial charge on any atom is 0.259 e. The van der Waals surface area contributed by atoms with Crippen molar-refractivity contribution in [2.24, 2.45) is 0 Å². The largest absolute Gasteiger partial charge is 0.394 e. The molecule has 0 bridgehead atoms. The van der Waals surface area contributed by atoms with Crippen LogP contribution in [0.4, 0.5) is 0 Å². The highest BCUT2D eigenvalue weighted by Gasteiger charge is 2.20. The van der Waals surface area contributed by atoms with E-state index in [0.717, 1.165) is 11.1 Å². The molecule has 124 valence electrons. The highest BCUT2D eigenvalue weighted by Crippen LogP contribution is 2.27. The second-order valence-electron chi connectivity index (χ2n) is 5.93. The first-order valence-electron chi connectivity index (χ1n) is 7.75. The number of aliphatic hydroxyl groups is 1. The van der Waals surface area contributed by atoms with Crippen molar-refractivity contribution < 1.29 is 14.4 Å². The molecular weight excluding hydrogens is 306 g/mol. The van der Waals surface area contributed by atoms with Crippen molar-refractivity contribution in [3.8, 4) is 11.3 Å². The number of aromatic nitrogens is 2. The third kappa shape index (κ3) is 3.00. The predicted octanol–water partition coefficient (Wildman–Crippen LogP) is 2.62. The van der Waals surface area contributed by atoms with E-state index in [2.05, 4.69) is 15.5 Å². The molecule has 6 nitrogen and oxygen atoms in total. The van der Waals surface area contributed by atoms with E-state index in [-0.39, 0.29) is 18.6 Å². The number of fused-ring (bicyclic) bond motifs is 1. The molecular formula is C18H19N3O3. The Hall–Kier alpha value is -2.73. The van der Waals surface area contributed by atoms with E-state index < -0.39 is 0 Å². The number of aliphatic hydroxyl groups excluding tert-OH is 1. The Morgan fingerprint density at radius 1 is 1.29 bits per heavy atom. The van der Waals surface area contributed by atoms with Crippen LogP contribution in [0.25, 0.3) is 22.4 Å². The molecule has 2 heterocycles. The summed E-state index contributed by atoms with van der Waals surface area (Å²) in [6, 6.07) is 9.26. The predicted molar refractivity (Wildman–Crippen MR) is 90.7 cm³/mol. The first-order chi connectivity index (χ1) is 11.5. The van der Waals surface area contributed by atoms with Crippen molar-refractivity contribution in [1.29, 1.82) is 0 Å². The summed E-state index contributed by atoms with van der Waals surface area (Å²) in [5.74, 6) is -0.288. The molecule has 1 unspecified atom stereocenters. The fourth-order valence-corrected chi connectivity index (χ4v) is 2.49. The van der Waals surface area contributed by atoms with Gasteiger partial charge in [0, 0.05) is 11.6 Å². The van der Waals surface area contributed by atoms with Crippen LogP contribution < -0.4 is 5.32 Å². The van der Waals surface area contributed by atoms with Gasteiger partial charge in [0.1, 0.15) is 0 Å². The molecule has 0 saturated heterocycles. The number of rotatable bonds is 4. The zero-order chi connectivity index (χ0) is 17.3. The van der Waals surface area contributed by atoms with Gasteiger partial charge in [-0.1, -0.05) is 35.0 Å². The molecule has 0 aliphatic heterocycles. The van der Waals surface area contributed by atoms with Gasteiger partial charge in [0.25, 0.3) is 11.6 Å². The molecule has 24 heavy (non-hydrogen) atoms. The third-order valence-electron chi connectivity index (χ3n) is 3.86. The molecule has 0 saturated carbocycles. The summed E-state index contributed by atoms with van der Waals surface area (Å²) in [5, 5.41) is 16.4. The Kier molecular flexibility index (Phi) is 4.31. The zero-order valence-electron chi connectivity index (χ0n) is 13.8. The summed E-state index contributed by atoms with van der Waals surface area (Å²) < 4.78 is 5.27. The van der Waals surface area contributed by atoms with Gasteiger partial charge in [0.2, 0.25) is 0 Å². The number of carbonyl (C=O) groups is 1. The first-order valence-corrected chi connectivity index (χ1v) is 7.75. The van der Waals surface area contributed by atoms with E-state index in [1.54, 1.807) is 19.9 Å². The molecule has 0 fully saturated rings. The van der Waals surface area contributed by atoms with Crippen LogP contribution in [0.5, 0.6) is 0 Å². The molecule has 0 aliphatic carbocycles. The lowest BCUT2D eigenvalue weighted by atomic mass is 10.0. The van der Waals surface area contributed by atoms with E-state index >= 15 is 0 Å². The average Bonchev–Trinajstić information content (AvgIpc) is 2.95. The summed E-state index contributed by atoms with van der Waals surface area (Å²) in [6.45, 7) is 5.38. The van der Waals surface area contributed by atoms with Crippen molar-refractivity contribution in [2.75, 3.05) is 6.61 Å². The quantitative estimate of drug-likeness (QED) is 0.770. The lowest BCUT2D eigenvalue weighted by Crippen LogP contribution is -2.35. The molecule has 6 heteroatoms. The highest BCUT2D eigenvalue weighted by atomic mass is 16.5. The lowest BCUT2D eigenvalue weighted by molar-refractivity contribution is 0.0924. The van der Waals surface area contributed by atoms with Gasteiger partial charge in [-0.3, -0.25) is 4.79 Å². The van der Waals surface area contributed by atoms with Gasteiger partial charge in [-0.05, 0) is 26.8 Å². The number of amides is 1. The van der Waals surface area contributed by atoms with Gasteiger partial charge < -0.3 is 14.9 Å². The summed E-state index contributed by atoms with van der Waals surface area (Å²) in [5.41, 5.74) is 4.04. The molecule has 0 spiro atoms. The molecule has 2 aromatic heterocycles. The van der Waals surface area contributed by atoms with E-state index in [1.165, 1.54) is 0 Å². The SMILES string of the molecule is Cc1ccc(-c2cc(C(=O)NC(C)CO)c3c(C)noc3n2)cc1. The van der Waals surface area contributed by atoms with Crippen molar-refractivity contribution >= 4 is 17.0 Å². The molecule has 1 aromatic carbocycles. The molecule has 0 aliphatic rings. The van der Waals surface area contributed by atoms with E-state index in [0.29, 0.717) is 28.1 Å². The van der Waals surface area contributed by atoms with Crippen LogP contribution in [-0.4, -0.2) is 33.8 Å². The van der Waals surface area contributed by atoms with E-state index in [4.69, 9.17) is 9.63 Å². The van der Waals surface area contributed by atoms with E-state index in [1.807, 2.05) is 31.2 Å². The van der Waals surface area contributed by atoms with Crippen molar-refractivity contribution in [1.82, 2.24) is 15.5 Å².